The Labute approximate surface area is 142 Å². The van der Waals surface area contributed by atoms with Crippen molar-refractivity contribution in [1.29, 1.82) is 5.26 Å². The van der Waals surface area contributed by atoms with E-state index in [1.54, 1.807) is 18.2 Å². The lowest BCUT2D eigenvalue weighted by Gasteiger charge is -2.14. The lowest BCUT2D eigenvalue weighted by atomic mass is 10.1. The number of hydrogen-bond acceptors (Lipinski definition) is 4. The molecule has 0 radical (unpaired) electrons. The zero-order chi connectivity index (χ0) is 17.9. The summed E-state index contributed by atoms with van der Waals surface area (Å²) in [6.45, 7) is 8.04. The van der Waals surface area contributed by atoms with Crippen LogP contribution in [0.15, 0.2) is 24.3 Å². The average molecular weight is 326 g/mol. The molecular weight excluding hydrogens is 304 g/mol. The van der Waals surface area contributed by atoms with E-state index in [9.17, 15) is 4.79 Å². The van der Waals surface area contributed by atoms with E-state index in [4.69, 9.17) is 14.7 Å². The molecule has 24 heavy (non-hydrogen) atoms. The van der Waals surface area contributed by atoms with Gasteiger partial charge in [0.15, 0.2) is 18.1 Å². The van der Waals surface area contributed by atoms with E-state index in [1.165, 1.54) is 7.11 Å². The third-order valence-corrected chi connectivity index (χ3v) is 3.95. The van der Waals surface area contributed by atoms with Crippen LogP contribution < -0.4 is 9.47 Å². The fourth-order valence-corrected chi connectivity index (χ4v) is 2.93. The maximum Gasteiger partial charge on any atom is 0.202 e. The second kappa shape index (κ2) is 7.22. The Morgan fingerprint density at radius 2 is 1.96 bits per heavy atom. The molecule has 0 fully saturated rings. The summed E-state index contributed by atoms with van der Waals surface area (Å²) >= 11 is 0. The van der Waals surface area contributed by atoms with Gasteiger partial charge in [0.05, 0.1) is 18.7 Å². The number of ketones is 1. The van der Waals surface area contributed by atoms with Gasteiger partial charge in [0.25, 0.3) is 0 Å². The molecule has 0 saturated heterocycles. The molecule has 1 aromatic heterocycles. The Morgan fingerprint density at radius 3 is 2.50 bits per heavy atom. The first kappa shape index (κ1) is 17.6. The van der Waals surface area contributed by atoms with E-state index < -0.39 is 0 Å². The molecule has 0 spiro atoms. The summed E-state index contributed by atoms with van der Waals surface area (Å²) in [7, 11) is 1.50. The van der Waals surface area contributed by atoms with Gasteiger partial charge in [0.2, 0.25) is 5.78 Å². The van der Waals surface area contributed by atoms with Crippen LogP contribution in [0.5, 0.6) is 11.5 Å². The van der Waals surface area contributed by atoms with Crippen molar-refractivity contribution in [2.24, 2.45) is 0 Å². The molecule has 0 unspecified atom stereocenters. The van der Waals surface area contributed by atoms with E-state index in [0.717, 1.165) is 11.4 Å². The molecule has 2 aromatic rings. The first-order valence-electron chi connectivity index (χ1n) is 7.81. The molecule has 5 heteroatoms. The normalized spacial score (nSPS) is 10.5. The van der Waals surface area contributed by atoms with Crippen molar-refractivity contribution in [3.63, 3.8) is 0 Å². The van der Waals surface area contributed by atoms with Gasteiger partial charge in [-0.05, 0) is 45.9 Å². The van der Waals surface area contributed by atoms with Gasteiger partial charge in [-0.15, -0.1) is 0 Å². The van der Waals surface area contributed by atoms with Crippen molar-refractivity contribution in [3.05, 3.63) is 46.8 Å². The first-order valence-corrected chi connectivity index (χ1v) is 7.81. The molecule has 0 amide bonds. The number of carbonyl (C=O) groups excluding carboxylic acids is 1. The van der Waals surface area contributed by atoms with E-state index in [2.05, 4.69) is 18.4 Å². The number of rotatable bonds is 6. The average Bonchev–Trinajstić information content (AvgIpc) is 2.87. The van der Waals surface area contributed by atoms with Crippen LogP contribution in [0.4, 0.5) is 0 Å². The summed E-state index contributed by atoms with van der Waals surface area (Å²) in [5.41, 5.74) is 3.16. The molecule has 0 N–H and O–H groups in total. The number of aryl methyl sites for hydroxylation is 1. The van der Waals surface area contributed by atoms with Gasteiger partial charge in [-0.1, -0.05) is 0 Å². The third kappa shape index (κ3) is 3.43. The van der Waals surface area contributed by atoms with Crippen molar-refractivity contribution in [2.75, 3.05) is 13.7 Å². The summed E-state index contributed by atoms with van der Waals surface area (Å²) in [6, 6.07) is 9.10. The van der Waals surface area contributed by atoms with Crippen molar-refractivity contribution in [1.82, 2.24) is 4.57 Å². The van der Waals surface area contributed by atoms with Crippen LogP contribution in [0.2, 0.25) is 0 Å². The van der Waals surface area contributed by atoms with E-state index in [0.29, 0.717) is 28.7 Å². The molecule has 5 nitrogen and oxygen atoms in total. The van der Waals surface area contributed by atoms with E-state index in [1.807, 2.05) is 26.0 Å². The number of nitriles is 1. The fourth-order valence-electron chi connectivity index (χ4n) is 2.93. The minimum Gasteiger partial charge on any atom is -0.493 e. The molecule has 0 aliphatic carbocycles. The minimum atomic E-state index is -0.0820. The maximum absolute atomic E-state index is 12.5. The zero-order valence-electron chi connectivity index (χ0n) is 14.7. The number of carbonyl (C=O) groups is 1. The van der Waals surface area contributed by atoms with Crippen LogP contribution in [0.3, 0.4) is 0 Å². The number of aromatic nitrogens is 1. The highest BCUT2D eigenvalue weighted by molar-refractivity contribution is 5.98. The summed E-state index contributed by atoms with van der Waals surface area (Å²) in [6.07, 6.45) is 0. The highest BCUT2D eigenvalue weighted by Gasteiger charge is 2.18. The van der Waals surface area contributed by atoms with Gasteiger partial charge in [0, 0.05) is 29.1 Å². The van der Waals surface area contributed by atoms with Crippen molar-refractivity contribution in [2.45, 2.75) is 33.7 Å². The number of ether oxygens (including phenoxy) is 2. The van der Waals surface area contributed by atoms with Crippen LogP contribution in [-0.2, 0) is 0 Å². The number of methoxy groups -OCH3 is 1. The molecule has 0 aliphatic rings. The van der Waals surface area contributed by atoms with Gasteiger partial charge in [-0.2, -0.15) is 5.26 Å². The highest BCUT2D eigenvalue weighted by Crippen LogP contribution is 2.28. The van der Waals surface area contributed by atoms with Gasteiger partial charge >= 0.3 is 0 Å². The van der Waals surface area contributed by atoms with Gasteiger partial charge < -0.3 is 14.0 Å². The van der Waals surface area contributed by atoms with Gasteiger partial charge in [-0.3, -0.25) is 4.79 Å². The summed E-state index contributed by atoms with van der Waals surface area (Å²) in [5.74, 6) is 0.804. The quantitative estimate of drug-likeness (QED) is 0.757. The van der Waals surface area contributed by atoms with Crippen molar-refractivity contribution < 1.29 is 14.3 Å². The highest BCUT2D eigenvalue weighted by atomic mass is 16.5. The third-order valence-electron chi connectivity index (χ3n) is 3.95. The number of benzene rings is 1. The first-order chi connectivity index (χ1) is 11.4. The second-order valence-electron chi connectivity index (χ2n) is 5.94. The Balaban J connectivity index is 2.18. The van der Waals surface area contributed by atoms with Crippen LogP contribution in [0.25, 0.3) is 0 Å². The molecule has 1 aromatic carbocycles. The Morgan fingerprint density at radius 1 is 1.25 bits per heavy atom. The topological polar surface area (TPSA) is 64.2 Å². The van der Waals surface area contributed by atoms with Crippen LogP contribution in [0.1, 0.15) is 47.2 Å². The van der Waals surface area contributed by atoms with Crippen molar-refractivity contribution in [3.8, 4) is 17.6 Å². The molecule has 0 atom stereocenters. The predicted molar refractivity (Wildman–Crippen MR) is 91.8 cm³/mol. The number of Topliss-reactive ketones (excluding diaryl/α,β-unsaturated/α-hetero) is 1. The van der Waals surface area contributed by atoms with Gasteiger partial charge in [0.1, 0.15) is 0 Å². The Hall–Kier alpha value is -2.74. The smallest absolute Gasteiger partial charge is 0.202 e. The molecular formula is C19H22N2O3. The fraction of sp³-hybridized carbons (Fsp3) is 0.368. The lowest BCUT2D eigenvalue weighted by Crippen LogP contribution is -2.13. The largest absolute Gasteiger partial charge is 0.493 e. The minimum absolute atomic E-state index is 0.0787. The molecule has 0 saturated carbocycles. The SMILES string of the molecule is COc1cc(C#N)ccc1OCC(=O)c1cc(C)n(C(C)C)c1C. The Bertz CT molecular complexity index is 798. The predicted octanol–water partition coefficient (Wildman–Crippen LogP) is 3.83. The number of hydrogen-bond donors (Lipinski definition) is 0. The maximum atomic E-state index is 12.5. The molecule has 0 aliphatic heterocycles. The van der Waals surface area contributed by atoms with E-state index in [-0.39, 0.29) is 12.4 Å². The zero-order valence-corrected chi connectivity index (χ0v) is 14.7. The summed E-state index contributed by atoms with van der Waals surface area (Å²) in [5, 5.41) is 8.92. The number of nitrogens with zero attached hydrogens (tertiary/aromatic N) is 2. The molecule has 2 rings (SSSR count). The summed E-state index contributed by atoms with van der Waals surface area (Å²) in [4.78, 5) is 12.5. The monoisotopic (exact) mass is 326 g/mol. The lowest BCUT2D eigenvalue weighted by molar-refractivity contribution is 0.0918. The molecule has 126 valence electrons. The van der Waals surface area contributed by atoms with Gasteiger partial charge in [-0.25, -0.2) is 0 Å². The van der Waals surface area contributed by atoms with Crippen LogP contribution >= 0.6 is 0 Å². The molecule has 1 heterocycles. The Kier molecular flexibility index (Phi) is 5.30. The van der Waals surface area contributed by atoms with E-state index >= 15 is 0 Å². The molecule has 0 bridgehead atoms. The van der Waals surface area contributed by atoms with Crippen molar-refractivity contribution >= 4 is 5.78 Å². The standard InChI is InChI=1S/C19H22N2O3/c1-12(2)21-13(3)8-16(14(21)4)17(22)11-24-18-7-6-15(10-20)9-19(18)23-5/h6-9,12H,11H2,1-5H3. The van der Waals surface area contributed by atoms with Crippen LogP contribution in [0, 0.1) is 25.2 Å². The summed E-state index contributed by atoms with van der Waals surface area (Å²) < 4.78 is 13.0. The van der Waals surface area contributed by atoms with Crippen LogP contribution in [-0.4, -0.2) is 24.1 Å². The second-order valence-corrected chi connectivity index (χ2v) is 5.94.